The highest BCUT2D eigenvalue weighted by Gasteiger charge is 2.39. The van der Waals surface area contributed by atoms with E-state index in [1.54, 1.807) is 0 Å². The molecule has 2 atom stereocenters. The highest BCUT2D eigenvalue weighted by molar-refractivity contribution is 5.81. The predicted octanol–water partition coefficient (Wildman–Crippen LogP) is 2.29. The Morgan fingerprint density at radius 1 is 1.42 bits per heavy atom. The number of hydrogen-bond acceptors (Lipinski definition) is 4. The molecular formula is C19H29N3O2. The van der Waals surface area contributed by atoms with Crippen LogP contribution in [0.2, 0.25) is 0 Å². The first kappa shape index (κ1) is 17.4. The van der Waals surface area contributed by atoms with Crippen molar-refractivity contribution in [3.63, 3.8) is 0 Å². The van der Waals surface area contributed by atoms with E-state index < -0.39 is 5.41 Å². The Balaban J connectivity index is 1.61. The van der Waals surface area contributed by atoms with Crippen LogP contribution in [-0.4, -0.2) is 36.7 Å². The summed E-state index contributed by atoms with van der Waals surface area (Å²) < 4.78 is 5.41. The maximum absolute atomic E-state index is 12.0. The summed E-state index contributed by atoms with van der Waals surface area (Å²) in [5.74, 6) is 0.322. The van der Waals surface area contributed by atoms with Crippen molar-refractivity contribution in [2.45, 2.75) is 57.4 Å². The quantitative estimate of drug-likeness (QED) is 0.868. The van der Waals surface area contributed by atoms with E-state index in [1.807, 2.05) is 12.3 Å². The van der Waals surface area contributed by atoms with Gasteiger partial charge in [-0.15, -0.1) is 0 Å². The van der Waals surface area contributed by atoms with Crippen molar-refractivity contribution in [2.24, 2.45) is 11.1 Å². The molecule has 2 heterocycles. The predicted molar refractivity (Wildman–Crippen MR) is 93.7 cm³/mol. The van der Waals surface area contributed by atoms with Crippen molar-refractivity contribution in [3.8, 4) is 0 Å². The summed E-state index contributed by atoms with van der Waals surface area (Å²) in [6, 6.07) is 4.58. The molecule has 2 fully saturated rings. The van der Waals surface area contributed by atoms with Crippen LogP contribution in [0.3, 0.4) is 0 Å². The lowest BCUT2D eigenvalue weighted by atomic mass is 9.78. The molecule has 1 saturated carbocycles. The van der Waals surface area contributed by atoms with Gasteiger partial charge in [0.1, 0.15) is 0 Å². The van der Waals surface area contributed by atoms with Crippen LogP contribution in [0.15, 0.2) is 18.3 Å². The molecule has 1 aliphatic heterocycles. The number of pyridine rings is 1. The van der Waals surface area contributed by atoms with Gasteiger partial charge in [-0.25, -0.2) is 0 Å². The first-order chi connectivity index (χ1) is 11.6. The zero-order valence-corrected chi connectivity index (χ0v) is 14.6. The molecular weight excluding hydrogens is 302 g/mol. The Bertz CT molecular complexity index is 569. The van der Waals surface area contributed by atoms with Crippen LogP contribution >= 0.6 is 0 Å². The summed E-state index contributed by atoms with van der Waals surface area (Å²) in [7, 11) is 0. The van der Waals surface area contributed by atoms with Gasteiger partial charge in [-0.1, -0.05) is 12.5 Å². The molecule has 0 spiro atoms. The van der Waals surface area contributed by atoms with Gasteiger partial charge in [0, 0.05) is 43.6 Å². The van der Waals surface area contributed by atoms with Gasteiger partial charge in [-0.3, -0.25) is 9.78 Å². The average Bonchev–Trinajstić information content (AvgIpc) is 2.61. The monoisotopic (exact) mass is 331 g/mol. The highest BCUT2D eigenvalue weighted by Crippen LogP contribution is 2.35. The van der Waals surface area contributed by atoms with E-state index in [1.165, 1.54) is 24.1 Å². The van der Waals surface area contributed by atoms with Crippen LogP contribution in [0.25, 0.3) is 0 Å². The number of primary amides is 1. The van der Waals surface area contributed by atoms with Gasteiger partial charge in [-0.2, -0.15) is 0 Å². The van der Waals surface area contributed by atoms with E-state index >= 15 is 0 Å². The molecule has 0 bridgehead atoms. The van der Waals surface area contributed by atoms with Crippen LogP contribution in [0, 0.1) is 12.3 Å². The third-order valence-electron chi connectivity index (χ3n) is 5.81. The molecule has 1 amide bonds. The van der Waals surface area contributed by atoms with Gasteiger partial charge in [0.25, 0.3) is 0 Å². The first-order valence-corrected chi connectivity index (χ1v) is 9.13. The second-order valence-electron chi connectivity index (χ2n) is 7.40. The summed E-state index contributed by atoms with van der Waals surface area (Å²) in [5, 5.41) is 3.65. The Labute approximate surface area is 144 Å². The lowest BCUT2D eigenvalue weighted by molar-refractivity contribution is -0.133. The summed E-state index contributed by atoms with van der Waals surface area (Å²) in [6.45, 7) is 4.07. The Morgan fingerprint density at radius 3 is 2.92 bits per heavy atom. The van der Waals surface area contributed by atoms with E-state index in [-0.39, 0.29) is 5.91 Å². The minimum Gasteiger partial charge on any atom is -0.381 e. The van der Waals surface area contributed by atoms with Gasteiger partial charge in [0.05, 0.1) is 5.41 Å². The number of hydrogen-bond donors (Lipinski definition) is 2. The fraction of sp³-hybridized carbons (Fsp3) is 0.684. The van der Waals surface area contributed by atoms with Gasteiger partial charge < -0.3 is 15.8 Å². The maximum atomic E-state index is 12.0. The van der Waals surface area contributed by atoms with E-state index in [0.29, 0.717) is 31.7 Å². The molecule has 3 N–H and O–H groups in total. The molecule has 3 rings (SSSR count). The Kier molecular flexibility index (Phi) is 5.51. The number of ether oxygens (including phenoxy) is 1. The zero-order chi connectivity index (χ0) is 17.0. The maximum Gasteiger partial charge on any atom is 0.225 e. The average molecular weight is 331 g/mol. The van der Waals surface area contributed by atoms with E-state index in [9.17, 15) is 4.79 Å². The van der Waals surface area contributed by atoms with Crippen LogP contribution in [0.5, 0.6) is 0 Å². The van der Waals surface area contributed by atoms with Crippen LogP contribution in [0.4, 0.5) is 0 Å². The SMILES string of the molecule is Cc1cccnc1[C@H]1CCC[C@@H](NCC2(C(N)=O)CCOCC2)C1. The number of aryl methyl sites for hydroxylation is 1. The third kappa shape index (κ3) is 3.78. The standard InChI is InChI=1S/C19H29N3O2/c1-14-4-3-9-21-17(14)15-5-2-6-16(12-15)22-13-19(18(20)23)7-10-24-11-8-19/h3-4,9,15-16,22H,2,5-8,10-13H2,1H3,(H2,20,23)/t15-,16+/m0/s1. The number of rotatable bonds is 5. The number of nitrogens with zero attached hydrogens (tertiary/aromatic N) is 1. The van der Waals surface area contributed by atoms with Gasteiger partial charge in [-0.05, 0) is 50.7 Å². The third-order valence-corrected chi connectivity index (χ3v) is 5.81. The van der Waals surface area contributed by atoms with Crippen LogP contribution < -0.4 is 11.1 Å². The topological polar surface area (TPSA) is 77.2 Å². The molecule has 5 nitrogen and oxygen atoms in total. The highest BCUT2D eigenvalue weighted by atomic mass is 16.5. The van der Waals surface area contributed by atoms with Crippen LogP contribution in [0.1, 0.15) is 55.7 Å². The Hall–Kier alpha value is -1.46. The molecule has 0 unspecified atom stereocenters. The molecule has 0 aromatic carbocycles. The van der Waals surface area contributed by atoms with Crippen molar-refractivity contribution in [1.82, 2.24) is 10.3 Å². The molecule has 1 aromatic heterocycles. The summed E-state index contributed by atoms with van der Waals surface area (Å²) in [5.41, 5.74) is 7.79. The summed E-state index contributed by atoms with van der Waals surface area (Å²) >= 11 is 0. The van der Waals surface area contributed by atoms with Crippen molar-refractivity contribution in [1.29, 1.82) is 0 Å². The van der Waals surface area contributed by atoms with Gasteiger partial charge >= 0.3 is 0 Å². The Morgan fingerprint density at radius 2 is 2.21 bits per heavy atom. The summed E-state index contributed by atoms with van der Waals surface area (Å²) in [4.78, 5) is 16.6. The van der Waals surface area contributed by atoms with Crippen molar-refractivity contribution in [3.05, 3.63) is 29.6 Å². The smallest absolute Gasteiger partial charge is 0.225 e. The molecule has 0 radical (unpaired) electrons. The molecule has 5 heteroatoms. The minimum absolute atomic E-state index is 0.189. The number of aromatic nitrogens is 1. The summed E-state index contributed by atoms with van der Waals surface area (Å²) in [6.07, 6.45) is 7.99. The van der Waals surface area contributed by atoms with Crippen molar-refractivity contribution >= 4 is 5.91 Å². The molecule has 1 saturated heterocycles. The molecule has 2 aliphatic rings. The lowest BCUT2D eigenvalue weighted by Gasteiger charge is -2.37. The van der Waals surface area contributed by atoms with E-state index in [2.05, 4.69) is 23.3 Å². The van der Waals surface area contributed by atoms with Gasteiger partial charge in [0.2, 0.25) is 5.91 Å². The molecule has 1 aromatic rings. The normalized spacial score (nSPS) is 26.9. The second-order valence-corrected chi connectivity index (χ2v) is 7.40. The van der Waals surface area contributed by atoms with Crippen LogP contribution in [-0.2, 0) is 9.53 Å². The number of amides is 1. The number of carbonyl (C=O) groups excluding carboxylic acids is 1. The van der Waals surface area contributed by atoms with Gasteiger partial charge in [0.15, 0.2) is 0 Å². The fourth-order valence-electron chi connectivity index (χ4n) is 4.16. The van der Waals surface area contributed by atoms with Crippen molar-refractivity contribution < 1.29 is 9.53 Å². The number of nitrogens with two attached hydrogens (primary N) is 1. The zero-order valence-electron chi connectivity index (χ0n) is 14.6. The number of carbonyl (C=O) groups is 1. The second kappa shape index (κ2) is 7.62. The van der Waals surface area contributed by atoms with E-state index in [4.69, 9.17) is 10.5 Å². The minimum atomic E-state index is -0.438. The number of nitrogens with one attached hydrogen (secondary N) is 1. The first-order valence-electron chi connectivity index (χ1n) is 9.13. The molecule has 24 heavy (non-hydrogen) atoms. The largest absolute Gasteiger partial charge is 0.381 e. The van der Waals surface area contributed by atoms with Crippen molar-refractivity contribution in [2.75, 3.05) is 19.8 Å². The van der Waals surface area contributed by atoms with E-state index in [0.717, 1.165) is 25.7 Å². The fourth-order valence-corrected chi connectivity index (χ4v) is 4.16. The molecule has 132 valence electrons. The lowest BCUT2D eigenvalue weighted by Crippen LogP contribution is -2.50. The molecule has 1 aliphatic carbocycles.